The lowest BCUT2D eigenvalue weighted by Gasteiger charge is -2.36. The van der Waals surface area contributed by atoms with Crippen molar-refractivity contribution in [2.75, 3.05) is 26.4 Å². The van der Waals surface area contributed by atoms with Crippen LogP contribution in [0.25, 0.3) is 5.69 Å². The summed E-state index contributed by atoms with van der Waals surface area (Å²) in [4.78, 5) is 36.7. The van der Waals surface area contributed by atoms with E-state index in [1.807, 2.05) is 30.3 Å². The Kier molecular flexibility index (Phi) is 7.81. The van der Waals surface area contributed by atoms with E-state index in [4.69, 9.17) is 19.2 Å². The van der Waals surface area contributed by atoms with Crippen LogP contribution in [0.15, 0.2) is 59.7 Å². The molecule has 4 heterocycles. The quantitative estimate of drug-likeness (QED) is 0.358. The molecule has 4 aromatic rings. The highest BCUT2D eigenvalue weighted by Crippen LogP contribution is 2.36. The maximum absolute atomic E-state index is 14.2. The van der Waals surface area contributed by atoms with Gasteiger partial charge in [0, 0.05) is 19.8 Å². The molecule has 6 rings (SSSR count). The number of fused-ring (bicyclic) bond motifs is 2. The lowest BCUT2D eigenvalue weighted by atomic mass is 9.80. The van der Waals surface area contributed by atoms with Gasteiger partial charge in [0.1, 0.15) is 30.4 Å². The van der Waals surface area contributed by atoms with Crippen LogP contribution in [0.5, 0.6) is 5.75 Å². The number of aromatic nitrogens is 5. The zero-order chi connectivity index (χ0) is 29.1. The van der Waals surface area contributed by atoms with Crippen LogP contribution in [0.3, 0.4) is 0 Å². The molecule has 2 aromatic heterocycles. The number of carbonyl (C=O) groups is 1. The molecule has 218 valence electrons. The highest BCUT2D eigenvalue weighted by Gasteiger charge is 2.42. The number of carbonyl (C=O) groups excluding carboxylic acids is 1. The number of ether oxygens (including phenoxy) is 3. The molecule has 0 atom stereocenters. The number of aryl methyl sites for hydroxylation is 1. The van der Waals surface area contributed by atoms with Crippen LogP contribution in [-0.4, -0.2) is 56.7 Å². The van der Waals surface area contributed by atoms with Crippen molar-refractivity contribution < 1.29 is 23.4 Å². The first kappa shape index (κ1) is 27.7. The Balaban J connectivity index is 1.38. The molecule has 1 spiro atoms. The molecule has 2 aliphatic rings. The highest BCUT2D eigenvalue weighted by atomic mass is 19.1. The number of nitrogens with one attached hydrogen (secondary N) is 1. The molecule has 0 saturated carbocycles. The molecule has 42 heavy (non-hydrogen) atoms. The van der Waals surface area contributed by atoms with Gasteiger partial charge in [0.2, 0.25) is 5.75 Å². The summed E-state index contributed by atoms with van der Waals surface area (Å²) in [5, 5.41) is 7.05. The molecule has 0 bridgehead atoms. The molecule has 1 saturated heterocycles. The Labute approximate surface area is 241 Å². The Hall–Kier alpha value is -4.42. The minimum atomic E-state index is -0.587. The van der Waals surface area contributed by atoms with Crippen LogP contribution < -0.4 is 15.6 Å². The fourth-order valence-corrected chi connectivity index (χ4v) is 5.46. The summed E-state index contributed by atoms with van der Waals surface area (Å²) < 4.78 is 34.8. The summed E-state index contributed by atoms with van der Waals surface area (Å²) in [7, 11) is 0. The Bertz CT molecular complexity index is 1650. The SMILES string of the molecule is Cc1ncnn1-c1cc(F)ccc1CNC(=O)c1nc2n(c(=O)c1OCc1ccccc1)CCOCC21CCOCC1. The van der Waals surface area contributed by atoms with Gasteiger partial charge in [0.25, 0.3) is 11.5 Å². The third kappa shape index (κ3) is 5.42. The fraction of sp³-hybridized carbons (Fsp3) is 0.367. The van der Waals surface area contributed by atoms with E-state index in [0.29, 0.717) is 68.7 Å². The number of benzene rings is 2. The normalized spacial score (nSPS) is 16.0. The topological polar surface area (TPSA) is 122 Å². The van der Waals surface area contributed by atoms with Crippen molar-refractivity contribution in [2.24, 2.45) is 0 Å². The number of hydrogen-bond acceptors (Lipinski definition) is 8. The monoisotopic (exact) mass is 574 g/mol. The smallest absolute Gasteiger partial charge is 0.296 e. The molecule has 0 radical (unpaired) electrons. The van der Waals surface area contributed by atoms with Gasteiger partial charge in [0.15, 0.2) is 5.69 Å². The van der Waals surface area contributed by atoms with E-state index >= 15 is 0 Å². The third-order valence-corrected chi connectivity index (χ3v) is 7.76. The number of amides is 1. The molecule has 1 N–H and O–H groups in total. The second-order valence-electron chi connectivity index (χ2n) is 10.5. The minimum Gasteiger partial charge on any atom is -0.481 e. The highest BCUT2D eigenvalue weighted by molar-refractivity contribution is 5.94. The molecule has 12 heteroatoms. The molecule has 1 amide bonds. The second-order valence-corrected chi connectivity index (χ2v) is 10.5. The Morgan fingerprint density at radius 3 is 2.69 bits per heavy atom. The average molecular weight is 575 g/mol. The van der Waals surface area contributed by atoms with E-state index < -0.39 is 22.7 Å². The van der Waals surface area contributed by atoms with Crippen molar-refractivity contribution in [3.8, 4) is 11.4 Å². The van der Waals surface area contributed by atoms with Crippen LogP contribution in [0.4, 0.5) is 4.39 Å². The average Bonchev–Trinajstić information content (AvgIpc) is 3.36. The van der Waals surface area contributed by atoms with Gasteiger partial charge in [-0.25, -0.2) is 19.0 Å². The van der Waals surface area contributed by atoms with Gasteiger partial charge in [0.05, 0.1) is 30.9 Å². The van der Waals surface area contributed by atoms with Gasteiger partial charge >= 0.3 is 0 Å². The van der Waals surface area contributed by atoms with Crippen molar-refractivity contribution in [3.63, 3.8) is 0 Å². The summed E-state index contributed by atoms with van der Waals surface area (Å²) in [6.07, 6.45) is 2.60. The lowest BCUT2D eigenvalue weighted by molar-refractivity contribution is 0.00412. The number of hydrogen-bond donors (Lipinski definition) is 1. The van der Waals surface area contributed by atoms with E-state index in [1.165, 1.54) is 23.1 Å². The van der Waals surface area contributed by atoms with E-state index in [0.717, 1.165) is 5.56 Å². The zero-order valence-electron chi connectivity index (χ0n) is 23.2. The predicted octanol–water partition coefficient (Wildman–Crippen LogP) is 2.86. The van der Waals surface area contributed by atoms with Crippen molar-refractivity contribution >= 4 is 5.91 Å². The molecule has 1 fully saturated rings. The van der Waals surface area contributed by atoms with Crippen LogP contribution in [0.2, 0.25) is 0 Å². The summed E-state index contributed by atoms with van der Waals surface area (Å²) in [6.45, 7) is 3.88. The van der Waals surface area contributed by atoms with Crippen molar-refractivity contribution in [2.45, 2.75) is 44.9 Å². The van der Waals surface area contributed by atoms with Crippen LogP contribution in [0.1, 0.15) is 46.1 Å². The van der Waals surface area contributed by atoms with Gasteiger partial charge in [-0.05, 0) is 43.0 Å². The molecular formula is C30H31FN6O5. The standard InChI is InChI=1S/C30H31FN6O5/c1-20-33-19-34-37(20)24-15-23(31)8-7-22(24)16-32-27(38)25-26(42-17-21-5-3-2-4-6-21)28(39)36-11-14-41-18-30(29(36)35-25)9-12-40-13-10-30/h2-8,15,19H,9-14,16-18H2,1H3,(H,32,38). The van der Waals surface area contributed by atoms with E-state index in [-0.39, 0.29) is 24.6 Å². The zero-order valence-corrected chi connectivity index (χ0v) is 23.2. The second kappa shape index (κ2) is 11.8. The van der Waals surface area contributed by atoms with Crippen LogP contribution in [-0.2, 0) is 34.6 Å². The van der Waals surface area contributed by atoms with Gasteiger partial charge in [-0.1, -0.05) is 36.4 Å². The molecular weight excluding hydrogens is 543 g/mol. The number of rotatable bonds is 7. The third-order valence-electron chi connectivity index (χ3n) is 7.76. The van der Waals surface area contributed by atoms with Crippen molar-refractivity contribution in [3.05, 3.63) is 99.5 Å². The van der Waals surface area contributed by atoms with Crippen molar-refractivity contribution in [1.82, 2.24) is 29.6 Å². The van der Waals surface area contributed by atoms with E-state index in [2.05, 4.69) is 15.4 Å². The largest absolute Gasteiger partial charge is 0.481 e. The molecule has 11 nitrogen and oxygen atoms in total. The summed E-state index contributed by atoms with van der Waals surface area (Å²) in [6, 6.07) is 13.6. The van der Waals surface area contributed by atoms with Crippen LogP contribution >= 0.6 is 0 Å². The summed E-state index contributed by atoms with van der Waals surface area (Å²) >= 11 is 0. The number of halogens is 1. The number of nitrogens with zero attached hydrogens (tertiary/aromatic N) is 5. The van der Waals surface area contributed by atoms with Gasteiger partial charge in [-0.3, -0.25) is 14.2 Å². The fourth-order valence-electron chi connectivity index (χ4n) is 5.46. The van der Waals surface area contributed by atoms with Gasteiger partial charge in [-0.2, -0.15) is 5.10 Å². The summed E-state index contributed by atoms with van der Waals surface area (Å²) in [5.41, 5.74) is 0.792. The molecule has 2 aromatic carbocycles. The molecule has 0 unspecified atom stereocenters. The lowest BCUT2D eigenvalue weighted by Crippen LogP contribution is -2.43. The first-order valence-electron chi connectivity index (χ1n) is 13.9. The summed E-state index contributed by atoms with van der Waals surface area (Å²) in [5.74, 6) is -0.0939. The van der Waals surface area contributed by atoms with E-state index in [1.54, 1.807) is 17.6 Å². The Morgan fingerprint density at radius 1 is 1.12 bits per heavy atom. The minimum absolute atomic E-state index is 0.0219. The van der Waals surface area contributed by atoms with Crippen molar-refractivity contribution in [1.29, 1.82) is 0 Å². The van der Waals surface area contributed by atoms with Gasteiger partial charge < -0.3 is 19.5 Å². The van der Waals surface area contributed by atoms with Gasteiger partial charge in [-0.15, -0.1) is 0 Å². The first-order chi connectivity index (χ1) is 20.4. The molecule has 0 aliphatic carbocycles. The molecule has 2 aliphatic heterocycles. The maximum Gasteiger partial charge on any atom is 0.296 e. The maximum atomic E-state index is 14.2. The predicted molar refractivity (Wildman–Crippen MR) is 149 cm³/mol. The first-order valence-corrected chi connectivity index (χ1v) is 13.9. The van der Waals surface area contributed by atoms with Crippen LogP contribution in [0, 0.1) is 12.7 Å². The Morgan fingerprint density at radius 2 is 1.93 bits per heavy atom. The van der Waals surface area contributed by atoms with E-state index in [9.17, 15) is 14.0 Å².